The molecule has 0 saturated carbocycles. The van der Waals surface area contributed by atoms with Crippen molar-refractivity contribution in [1.29, 1.82) is 0 Å². The fraction of sp³-hybridized carbons (Fsp3) is 0.227. The molecule has 2 aromatic rings. The Morgan fingerprint density at radius 3 is 2.17 bits per heavy atom. The summed E-state index contributed by atoms with van der Waals surface area (Å²) in [6.45, 7) is 12.4. The monoisotopic (exact) mass is 303 g/mol. The van der Waals surface area contributed by atoms with Crippen molar-refractivity contribution in [3.8, 4) is 11.1 Å². The third-order valence-corrected chi connectivity index (χ3v) is 4.06. The summed E-state index contributed by atoms with van der Waals surface area (Å²) in [4.78, 5) is 4.28. The molecule has 0 aliphatic heterocycles. The van der Waals surface area contributed by atoms with E-state index in [-0.39, 0.29) is 0 Å². The normalized spacial score (nSPS) is 12.4. The lowest BCUT2D eigenvalue weighted by molar-refractivity contribution is 1.38. The van der Waals surface area contributed by atoms with Gasteiger partial charge < -0.3 is 0 Å². The average Bonchev–Trinajstić information content (AvgIpc) is 2.52. The summed E-state index contributed by atoms with van der Waals surface area (Å²) in [7, 11) is 1.80. The zero-order valence-electron chi connectivity index (χ0n) is 14.8. The first-order chi connectivity index (χ1) is 10.9. The highest BCUT2D eigenvalue weighted by atomic mass is 14.7. The highest BCUT2D eigenvalue weighted by Gasteiger charge is 2.04. The van der Waals surface area contributed by atoms with Gasteiger partial charge >= 0.3 is 0 Å². The summed E-state index contributed by atoms with van der Waals surface area (Å²) in [5.41, 5.74) is 9.49. The summed E-state index contributed by atoms with van der Waals surface area (Å²) in [6.07, 6.45) is 2.09. The molecular formula is C22H25N. The number of hydrogen-bond acceptors (Lipinski definition) is 1. The maximum absolute atomic E-state index is 4.28. The molecule has 0 bridgehead atoms. The number of allylic oxidation sites excluding steroid dienone is 3. The van der Waals surface area contributed by atoms with Gasteiger partial charge in [-0.05, 0) is 67.2 Å². The predicted molar refractivity (Wildman–Crippen MR) is 103 cm³/mol. The van der Waals surface area contributed by atoms with Crippen molar-refractivity contribution in [2.75, 3.05) is 7.05 Å². The fourth-order valence-electron chi connectivity index (χ4n) is 2.72. The molecule has 1 heteroatoms. The molecule has 0 aliphatic rings. The first-order valence-electron chi connectivity index (χ1n) is 7.91. The van der Waals surface area contributed by atoms with Crippen molar-refractivity contribution >= 4 is 11.3 Å². The number of aliphatic imine (C=N–C) groups is 1. The van der Waals surface area contributed by atoms with Gasteiger partial charge in [-0.3, -0.25) is 4.99 Å². The number of benzene rings is 2. The first kappa shape index (κ1) is 17.0. The van der Waals surface area contributed by atoms with Crippen LogP contribution in [-0.2, 0) is 0 Å². The largest absolute Gasteiger partial charge is 0.288 e. The fourth-order valence-corrected chi connectivity index (χ4v) is 2.72. The summed E-state index contributed by atoms with van der Waals surface area (Å²) in [6, 6.07) is 15.3. The molecule has 0 radical (unpaired) electrons. The van der Waals surface area contributed by atoms with E-state index in [0.29, 0.717) is 0 Å². The lowest BCUT2D eigenvalue weighted by Gasteiger charge is -2.09. The highest BCUT2D eigenvalue weighted by Crippen LogP contribution is 2.26. The Hall–Kier alpha value is -2.41. The van der Waals surface area contributed by atoms with E-state index in [9.17, 15) is 0 Å². The summed E-state index contributed by atoms with van der Waals surface area (Å²) in [5.74, 6) is 0. The van der Waals surface area contributed by atoms with Crippen molar-refractivity contribution in [3.63, 3.8) is 0 Å². The van der Waals surface area contributed by atoms with Gasteiger partial charge in [-0.2, -0.15) is 0 Å². The van der Waals surface area contributed by atoms with E-state index in [4.69, 9.17) is 0 Å². The lowest BCUT2D eigenvalue weighted by atomic mass is 9.96. The molecule has 0 aliphatic carbocycles. The van der Waals surface area contributed by atoms with Gasteiger partial charge in [0.25, 0.3) is 0 Å². The SMILES string of the molecule is C=C(C)C(/C=C(\C)c1ccc(-c2ccc(C)cc2C)cc1)=NC. The van der Waals surface area contributed by atoms with Crippen molar-refractivity contribution in [2.24, 2.45) is 4.99 Å². The van der Waals surface area contributed by atoms with Crippen LogP contribution in [0.4, 0.5) is 0 Å². The molecule has 0 fully saturated rings. The van der Waals surface area contributed by atoms with E-state index in [2.05, 4.69) is 80.9 Å². The third kappa shape index (κ3) is 4.07. The number of aryl methyl sites for hydroxylation is 2. The molecule has 0 N–H and O–H groups in total. The molecule has 0 aromatic heterocycles. The Morgan fingerprint density at radius 1 is 1.00 bits per heavy atom. The van der Waals surface area contributed by atoms with E-state index in [1.54, 1.807) is 7.05 Å². The molecular weight excluding hydrogens is 278 g/mol. The van der Waals surface area contributed by atoms with Crippen LogP contribution in [0.15, 0.2) is 65.7 Å². The molecule has 118 valence electrons. The van der Waals surface area contributed by atoms with Gasteiger partial charge in [0, 0.05) is 7.05 Å². The zero-order valence-corrected chi connectivity index (χ0v) is 14.8. The Labute approximate surface area is 140 Å². The Bertz CT molecular complexity index is 774. The van der Waals surface area contributed by atoms with Crippen molar-refractivity contribution < 1.29 is 0 Å². The van der Waals surface area contributed by atoms with Crippen LogP contribution < -0.4 is 0 Å². The van der Waals surface area contributed by atoms with Gasteiger partial charge in [-0.1, -0.05) is 54.6 Å². The van der Waals surface area contributed by atoms with Gasteiger partial charge in [-0.25, -0.2) is 0 Å². The Morgan fingerprint density at radius 2 is 1.65 bits per heavy atom. The number of rotatable bonds is 4. The van der Waals surface area contributed by atoms with E-state index < -0.39 is 0 Å². The molecule has 1 nitrogen and oxygen atoms in total. The minimum Gasteiger partial charge on any atom is -0.288 e. The smallest absolute Gasteiger partial charge is 0.0596 e. The molecule has 2 aromatic carbocycles. The second-order valence-electron chi connectivity index (χ2n) is 6.11. The minimum absolute atomic E-state index is 0.945. The standard InChI is InChI=1S/C22H25N/c1-15(2)22(23-6)14-17(4)19-8-10-20(11-9-19)21-12-7-16(3)13-18(21)5/h7-14H,1H2,2-6H3/b17-14+,23-22?. The van der Waals surface area contributed by atoms with E-state index in [0.717, 1.165) is 11.3 Å². The summed E-state index contributed by atoms with van der Waals surface area (Å²) in [5, 5.41) is 0. The van der Waals surface area contributed by atoms with E-state index in [1.165, 1.54) is 33.4 Å². The summed E-state index contributed by atoms with van der Waals surface area (Å²) < 4.78 is 0. The zero-order chi connectivity index (χ0) is 17.0. The van der Waals surface area contributed by atoms with E-state index >= 15 is 0 Å². The van der Waals surface area contributed by atoms with Crippen LogP contribution in [0.2, 0.25) is 0 Å². The quantitative estimate of drug-likeness (QED) is 0.612. The molecule has 2 rings (SSSR count). The van der Waals surface area contributed by atoms with E-state index in [1.807, 2.05) is 6.92 Å². The average molecular weight is 303 g/mol. The second kappa shape index (κ2) is 7.23. The molecule has 0 heterocycles. The van der Waals surface area contributed by atoms with Crippen LogP contribution in [-0.4, -0.2) is 12.8 Å². The van der Waals surface area contributed by atoms with Gasteiger partial charge in [0.05, 0.1) is 5.71 Å². The number of hydrogen-bond donors (Lipinski definition) is 0. The number of nitrogens with zero attached hydrogens (tertiary/aromatic N) is 1. The molecule has 0 atom stereocenters. The maximum Gasteiger partial charge on any atom is 0.0596 e. The van der Waals surface area contributed by atoms with Crippen molar-refractivity contribution in [3.05, 3.63) is 77.4 Å². The topological polar surface area (TPSA) is 12.4 Å². The van der Waals surface area contributed by atoms with Crippen LogP contribution in [0, 0.1) is 13.8 Å². The molecule has 0 unspecified atom stereocenters. The predicted octanol–water partition coefficient (Wildman–Crippen LogP) is 6.02. The Kier molecular flexibility index (Phi) is 5.33. The van der Waals surface area contributed by atoms with Crippen LogP contribution >= 0.6 is 0 Å². The van der Waals surface area contributed by atoms with Gasteiger partial charge in [0.1, 0.15) is 0 Å². The first-order valence-corrected chi connectivity index (χ1v) is 7.91. The van der Waals surface area contributed by atoms with Gasteiger partial charge in [0.15, 0.2) is 0 Å². The highest BCUT2D eigenvalue weighted by molar-refractivity contribution is 6.11. The molecule has 23 heavy (non-hydrogen) atoms. The third-order valence-electron chi connectivity index (χ3n) is 4.06. The van der Waals surface area contributed by atoms with Crippen LogP contribution in [0.1, 0.15) is 30.5 Å². The van der Waals surface area contributed by atoms with Crippen LogP contribution in [0.3, 0.4) is 0 Å². The lowest BCUT2D eigenvalue weighted by Crippen LogP contribution is -1.95. The minimum atomic E-state index is 0.945. The molecule has 0 spiro atoms. The van der Waals surface area contributed by atoms with Crippen molar-refractivity contribution in [2.45, 2.75) is 27.7 Å². The molecule has 0 saturated heterocycles. The second-order valence-corrected chi connectivity index (χ2v) is 6.11. The Balaban J connectivity index is 2.32. The van der Waals surface area contributed by atoms with Crippen LogP contribution in [0.25, 0.3) is 16.7 Å². The van der Waals surface area contributed by atoms with Gasteiger partial charge in [-0.15, -0.1) is 0 Å². The van der Waals surface area contributed by atoms with Crippen molar-refractivity contribution in [1.82, 2.24) is 0 Å². The van der Waals surface area contributed by atoms with Gasteiger partial charge in [0.2, 0.25) is 0 Å². The maximum atomic E-state index is 4.28. The van der Waals surface area contributed by atoms with Crippen LogP contribution in [0.5, 0.6) is 0 Å². The summed E-state index contributed by atoms with van der Waals surface area (Å²) >= 11 is 0. The molecule has 0 amide bonds.